The Morgan fingerprint density at radius 3 is 1.86 bits per heavy atom. The summed E-state index contributed by atoms with van der Waals surface area (Å²) in [6.45, 7) is 7.27. The van der Waals surface area contributed by atoms with E-state index in [9.17, 15) is 0 Å². The fourth-order valence-electron chi connectivity index (χ4n) is 0.222. The Labute approximate surface area is 54.7 Å². The second kappa shape index (κ2) is 4.34. The zero-order chi connectivity index (χ0) is 5.70. The van der Waals surface area contributed by atoms with Gasteiger partial charge in [0.05, 0.1) is 0 Å². The van der Waals surface area contributed by atoms with Crippen LogP contribution in [-0.4, -0.2) is 8.14 Å². The molecule has 0 aromatic rings. The van der Waals surface area contributed by atoms with E-state index < -0.39 is 0 Å². The van der Waals surface area contributed by atoms with Gasteiger partial charge in [-0.25, -0.2) is 0 Å². The molecule has 2 heteroatoms. The number of allylic oxidation sites excluding steroid dienone is 2. The van der Waals surface area contributed by atoms with Gasteiger partial charge >= 0.3 is 0 Å². The highest BCUT2D eigenvalue weighted by Gasteiger charge is 1.91. The Balaban J connectivity index is 3.36. The van der Waals surface area contributed by atoms with E-state index in [0.717, 1.165) is 0 Å². The smallest absolute Gasteiger partial charge is 0.109 e. The Morgan fingerprint density at radius 1 is 1.43 bits per heavy atom. The zero-order valence-corrected chi connectivity index (χ0v) is 7.23. The van der Waals surface area contributed by atoms with Crippen LogP contribution in [0.1, 0.15) is 0 Å². The molecular formula is C5H9BrSi. The van der Waals surface area contributed by atoms with E-state index in [1.54, 1.807) is 0 Å². The Morgan fingerprint density at radius 2 is 1.86 bits per heavy atom. The largest absolute Gasteiger partial charge is 0.134 e. The fourth-order valence-corrected chi connectivity index (χ4v) is 2.06. The van der Waals surface area contributed by atoms with Gasteiger partial charge in [0, 0.05) is 0 Å². The van der Waals surface area contributed by atoms with E-state index >= 15 is 0 Å². The number of rotatable bonds is 3. The van der Waals surface area contributed by atoms with Gasteiger partial charge in [0.25, 0.3) is 0 Å². The normalized spacial score (nSPS) is 10.6. The number of hydrogen-bond acceptors (Lipinski definition) is 0. The average Bonchev–Trinajstić information content (AvgIpc) is 1.72. The lowest BCUT2D eigenvalue weighted by Crippen LogP contribution is -1.84. The lowest BCUT2D eigenvalue weighted by Gasteiger charge is -1.94. The van der Waals surface area contributed by atoms with Gasteiger partial charge < -0.3 is 0 Å². The van der Waals surface area contributed by atoms with Crippen LogP contribution in [0, 0.1) is 0 Å². The minimum Gasteiger partial charge on any atom is -0.134 e. The topological polar surface area (TPSA) is 0 Å². The van der Waals surface area contributed by atoms with E-state index in [0.29, 0.717) is 5.54 Å². The van der Waals surface area contributed by atoms with Gasteiger partial charge in [0.2, 0.25) is 0 Å². The predicted octanol–water partition coefficient (Wildman–Crippen LogP) is 1.63. The van der Waals surface area contributed by atoms with Crippen molar-refractivity contribution >= 4 is 23.4 Å². The van der Waals surface area contributed by atoms with Gasteiger partial charge in [-0.05, 0) is 5.54 Å². The van der Waals surface area contributed by atoms with Crippen molar-refractivity contribution in [3.63, 3.8) is 0 Å². The second-order valence-electron chi connectivity index (χ2n) is 1.29. The van der Waals surface area contributed by atoms with Crippen LogP contribution in [0.25, 0.3) is 0 Å². The van der Waals surface area contributed by atoms with Crippen molar-refractivity contribution in [3.05, 3.63) is 25.3 Å². The molecule has 0 amide bonds. The van der Waals surface area contributed by atoms with Crippen molar-refractivity contribution < 1.29 is 0 Å². The lowest BCUT2D eigenvalue weighted by atomic mass is 10.4. The molecule has 0 aliphatic carbocycles. The van der Waals surface area contributed by atoms with E-state index in [1.165, 1.54) is 0 Å². The highest BCUT2D eigenvalue weighted by Crippen LogP contribution is 2.06. The average molecular weight is 177 g/mol. The number of halogens is 1. The Bertz CT molecular complexity index is 62.5. The van der Waals surface area contributed by atoms with E-state index in [2.05, 4.69) is 28.5 Å². The molecule has 0 rings (SSSR count). The van der Waals surface area contributed by atoms with Crippen molar-refractivity contribution in [2.24, 2.45) is 0 Å². The van der Waals surface area contributed by atoms with E-state index in [-0.39, 0.29) is 8.14 Å². The van der Waals surface area contributed by atoms with Crippen LogP contribution in [0.15, 0.2) is 25.3 Å². The summed E-state index contributed by atoms with van der Waals surface area (Å²) in [4.78, 5) is 0. The molecule has 0 spiro atoms. The first-order chi connectivity index (χ1) is 3.35. The third-order valence-corrected chi connectivity index (χ3v) is 4.05. The molecule has 0 bridgehead atoms. The van der Waals surface area contributed by atoms with Crippen LogP contribution in [0.4, 0.5) is 0 Å². The maximum atomic E-state index is 3.64. The molecule has 0 saturated heterocycles. The molecule has 0 atom stereocenters. The monoisotopic (exact) mass is 176 g/mol. The molecule has 7 heavy (non-hydrogen) atoms. The summed E-state index contributed by atoms with van der Waals surface area (Å²) >= 11 is 3.43. The zero-order valence-electron chi connectivity index (χ0n) is 4.23. The van der Waals surface area contributed by atoms with E-state index in [4.69, 9.17) is 0 Å². The molecular weight excluding hydrogens is 168 g/mol. The summed E-state index contributed by atoms with van der Waals surface area (Å²) in [6.07, 6.45) is 3.85. The van der Waals surface area contributed by atoms with E-state index in [1.807, 2.05) is 12.2 Å². The van der Waals surface area contributed by atoms with Crippen molar-refractivity contribution in [2.75, 3.05) is 0 Å². The minimum absolute atomic E-state index is 0.0957. The van der Waals surface area contributed by atoms with Gasteiger partial charge in [-0.1, -0.05) is 12.2 Å². The molecule has 0 aromatic carbocycles. The predicted molar refractivity (Wildman–Crippen MR) is 41.6 cm³/mol. The van der Waals surface area contributed by atoms with Crippen LogP contribution in [0.5, 0.6) is 0 Å². The second-order valence-corrected chi connectivity index (χ2v) is 4.48. The van der Waals surface area contributed by atoms with Crippen LogP contribution in [-0.2, 0) is 0 Å². The quantitative estimate of drug-likeness (QED) is 0.349. The summed E-state index contributed by atoms with van der Waals surface area (Å²) in [6, 6.07) is 0. The molecule has 0 radical (unpaired) electrons. The summed E-state index contributed by atoms with van der Waals surface area (Å²) in [7, 11) is -0.0957. The third-order valence-electron chi connectivity index (χ3n) is 0.784. The van der Waals surface area contributed by atoms with Gasteiger partial charge in [0.15, 0.2) is 0 Å². The molecule has 0 nitrogen and oxygen atoms in total. The summed E-state index contributed by atoms with van der Waals surface area (Å²) < 4.78 is 0. The molecule has 0 saturated carbocycles. The molecule has 0 unspecified atom stereocenters. The van der Waals surface area contributed by atoms with Gasteiger partial charge in [-0.15, -0.1) is 28.5 Å². The summed E-state index contributed by atoms with van der Waals surface area (Å²) in [5, 5.41) is 0. The fraction of sp³-hybridized carbons (Fsp3) is 0.200. The van der Waals surface area contributed by atoms with Crippen molar-refractivity contribution in [2.45, 2.75) is 5.54 Å². The highest BCUT2D eigenvalue weighted by atomic mass is 79.9. The maximum absolute atomic E-state index is 3.64. The standard InChI is InChI=1S/C5H9BrSi/c1-3-5(4-2)7-6/h3-5H,1-2,7H2. The first-order valence-electron chi connectivity index (χ1n) is 2.16. The minimum atomic E-state index is -0.0957. The van der Waals surface area contributed by atoms with Crippen molar-refractivity contribution in [1.82, 2.24) is 0 Å². The highest BCUT2D eigenvalue weighted by molar-refractivity contribution is 9.23. The van der Waals surface area contributed by atoms with Crippen LogP contribution in [0.2, 0.25) is 5.54 Å². The third kappa shape index (κ3) is 2.82. The first kappa shape index (κ1) is 7.18. The molecule has 0 heterocycles. The van der Waals surface area contributed by atoms with Gasteiger partial charge in [-0.3, -0.25) is 0 Å². The maximum Gasteiger partial charge on any atom is 0.109 e. The van der Waals surface area contributed by atoms with Gasteiger partial charge in [-0.2, -0.15) is 0 Å². The van der Waals surface area contributed by atoms with Crippen LogP contribution < -0.4 is 0 Å². The van der Waals surface area contributed by atoms with Crippen LogP contribution >= 0.6 is 15.3 Å². The Kier molecular flexibility index (Phi) is 4.45. The summed E-state index contributed by atoms with van der Waals surface area (Å²) in [5.41, 5.74) is 0.569. The first-order valence-corrected chi connectivity index (χ1v) is 6.87. The number of hydrogen-bond donors (Lipinski definition) is 0. The molecule has 0 aliphatic heterocycles. The van der Waals surface area contributed by atoms with Crippen LogP contribution in [0.3, 0.4) is 0 Å². The Hall–Kier alpha value is 0.177. The molecule has 0 fully saturated rings. The van der Waals surface area contributed by atoms with Gasteiger partial charge in [0.1, 0.15) is 8.14 Å². The molecule has 40 valence electrons. The molecule has 0 aliphatic rings. The SMILES string of the molecule is C=CC(C=C)[SiH2]Br. The van der Waals surface area contributed by atoms with Crippen molar-refractivity contribution in [1.29, 1.82) is 0 Å². The molecule has 0 N–H and O–H groups in total. The lowest BCUT2D eigenvalue weighted by molar-refractivity contribution is 1.39. The van der Waals surface area contributed by atoms with Crippen molar-refractivity contribution in [3.8, 4) is 0 Å². The molecule has 0 aromatic heterocycles. The summed E-state index contributed by atoms with van der Waals surface area (Å²) in [5.74, 6) is 0.